The van der Waals surface area contributed by atoms with E-state index in [0.717, 1.165) is 0 Å². The molecule has 9 heteroatoms. The molecule has 0 aromatic heterocycles. The molecule has 0 amide bonds. The first kappa shape index (κ1) is 19.6. The zero-order valence-electron chi connectivity index (χ0n) is 9.39. The molecule has 0 aliphatic rings. The van der Waals surface area contributed by atoms with Crippen molar-refractivity contribution < 1.29 is 69.7 Å². The molecule has 0 aromatic rings. The molecule has 0 aliphatic carbocycles. The van der Waals surface area contributed by atoms with Crippen molar-refractivity contribution in [2.24, 2.45) is 0 Å². The van der Waals surface area contributed by atoms with Gasteiger partial charge in [0.15, 0.2) is 0 Å². The van der Waals surface area contributed by atoms with Crippen molar-refractivity contribution >= 4 is 5.97 Å². The maximum Gasteiger partial charge on any atom is 1.00 e. The molecule has 0 spiro atoms. The number of carbonyl (C=O) groups is 1. The molecule has 17 heavy (non-hydrogen) atoms. The summed E-state index contributed by atoms with van der Waals surface area (Å²) in [5.74, 6) is -1.49. The average Bonchev–Trinajstić information content (AvgIpc) is 2.25. The van der Waals surface area contributed by atoms with Gasteiger partial charge >= 0.3 is 29.6 Å². The Labute approximate surface area is 120 Å². The van der Waals surface area contributed by atoms with Crippen LogP contribution in [0.25, 0.3) is 0 Å². The first-order valence-corrected chi connectivity index (χ1v) is 4.50. The molecular weight excluding hydrogens is 247 g/mol. The molecule has 96 valence electrons. The van der Waals surface area contributed by atoms with Crippen molar-refractivity contribution in [2.75, 3.05) is 19.8 Å². The van der Waals surface area contributed by atoms with Crippen molar-refractivity contribution in [1.82, 2.24) is 0 Å². The molecule has 8 nitrogen and oxygen atoms in total. The molecule has 0 fully saturated rings. The smallest absolute Gasteiger partial charge is 0.548 e. The van der Waals surface area contributed by atoms with E-state index in [2.05, 4.69) is 4.74 Å². The van der Waals surface area contributed by atoms with Crippen LogP contribution < -0.4 is 34.7 Å². The summed E-state index contributed by atoms with van der Waals surface area (Å²) in [6.45, 7) is -2.10. The fourth-order valence-corrected chi connectivity index (χ4v) is 0.925. The quantitative estimate of drug-likeness (QED) is 0.271. The van der Waals surface area contributed by atoms with Crippen LogP contribution in [0.3, 0.4) is 0 Å². The second-order valence-electron chi connectivity index (χ2n) is 3.19. The van der Waals surface area contributed by atoms with Gasteiger partial charge in [0.1, 0.15) is 24.4 Å². The summed E-state index contributed by atoms with van der Waals surface area (Å²) >= 11 is 0. The van der Waals surface area contributed by atoms with Crippen LogP contribution in [0.1, 0.15) is 0 Å². The van der Waals surface area contributed by atoms with Crippen molar-refractivity contribution in [1.29, 1.82) is 0 Å². The van der Waals surface area contributed by atoms with Gasteiger partial charge in [0.05, 0.1) is 25.8 Å². The minimum Gasteiger partial charge on any atom is -0.548 e. The summed E-state index contributed by atoms with van der Waals surface area (Å²) in [5.41, 5.74) is 0. The largest absolute Gasteiger partial charge is 1.00 e. The number of carboxylic acid groups (broad SMARTS) is 1. The Morgan fingerprint density at radius 1 is 1.12 bits per heavy atom. The summed E-state index contributed by atoms with van der Waals surface area (Å²) in [7, 11) is 0. The van der Waals surface area contributed by atoms with E-state index in [1.807, 2.05) is 0 Å². The van der Waals surface area contributed by atoms with Gasteiger partial charge in [0, 0.05) is 0 Å². The van der Waals surface area contributed by atoms with E-state index in [-0.39, 0.29) is 29.6 Å². The van der Waals surface area contributed by atoms with E-state index in [0.29, 0.717) is 0 Å². The number of hydrogen-bond acceptors (Lipinski definition) is 8. The van der Waals surface area contributed by atoms with Gasteiger partial charge in [0.25, 0.3) is 0 Å². The van der Waals surface area contributed by atoms with Crippen LogP contribution in [-0.2, 0) is 9.53 Å². The van der Waals surface area contributed by atoms with E-state index in [9.17, 15) is 20.1 Å². The van der Waals surface area contributed by atoms with E-state index in [4.69, 9.17) is 15.3 Å². The molecule has 0 saturated heterocycles. The maximum atomic E-state index is 9.94. The van der Waals surface area contributed by atoms with E-state index in [1.165, 1.54) is 0 Å². The summed E-state index contributed by atoms with van der Waals surface area (Å²) in [5, 5.41) is 54.9. The Balaban J connectivity index is 0. The van der Waals surface area contributed by atoms with Gasteiger partial charge in [-0.25, -0.2) is 0 Å². The third-order valence-electron chi connectivity index (χ3n) is 1.83. The minimum atomic E-state index is -1.76. The number of rotatable bonds is 8. The van der Waals surface area contributed by atoms with Gasteiger partial charge in [-0.3, -0.25) is 0 Å². The minimum absolute atomic E-state index is 0. The first-order valence-electron chi connectivity index (χ1n) is 4.50. The van der Waals surface area contributed by atoms with Crippen LogP contribution >= 0.6 is 0 Å². The number of aliphatic hydroxyl groups is 5. The van der Waals surface area contributed by atoms with Crippen LogP contribution in [0, 0.1) is 0 Å². The van der Waals surface area contributed by atoms with Gasteiger partial charge in [-0.15, -0.1) is 0 Å². The molecule has 4 atom stereocenters. The van der Waals surface area contributed by atoms with E-state index in [1.54, 1.807) is 0 Å². The van der Waals surface area contributed by atoms with Crippen molar-refractivity contribution in [3.8, 4) is 0 Å². The monoisotopic (exact) mass is 262 g/mol. The SMILES string of the molecule is O=C([O-])COC[C@H](O)[C@@H](O)[C@H](O)[C@H](O)CO.[Na+]. The zero-order valence-corrected chi connectivity index (χ0v) is 11.4. The number of carbonyl (C=O) groups excluding carboxylic acids is 1. The topological polar surface area (TPSA) is 151 Å². The van der Waals surface area contributed by atoms with Gasteiger partial charge in [-0.05, 0) is 0 Å². The summed E-state index contributed by atoms with van der Waals surface area (Å²) in [4.78, 5) is 9.94. The number of hydrogen-bond donors (Lipinski definition) is 5. The predicted molar refractivity (Wildman–Crippen MR) is 46.9 cm³/mol. The number of carboxylic acids is 1. The Hall–Kier alpha value is 0.230. The van der Waals surface area contributed by atoms with Gasteiger partial charge in [0.2, 0.25) is 0 Å². The molecular formula is C8H15NaO8. The third kappa shape index (κ3) is 8.03. The van der Waals surface area contributed by atoms with E-state index < -0.39 is 50.2 Å². The predicted octanol–water partition coefficient (Wildman–Crippen LogP) is -7.81. The van der Waals surface area contributed by atoms with Crippen LogP contribution in [0.15, 0.2) is 0 Å². The number of aliphatic hydroxyl groups excluding tert-OH is 5. The molecule has 0 saturated carbocycles. The molecule has 0 aliphatic heterocycles. The van der Waals surface area contributed by atoms with Gasteiger partial charge < -0.3 is 40.2 Å². The second kappa shape index (κ2) is 10.2. The number of ether oxygens (including phenoxy) is 1. The third-order valence-corrected chi connectivity index (χ3v) is 1.83. The second-order valence-corrected chi connectivity index (χ2v) is 3.19. The van der Waals surface area contributed by atoms with Crippen molar-refractivity contribution in [2.45, 2.75) is 24.4 Å². The fraction of sp³-hybridized carbons (Fsp3) is 0.875. The first-order chi connectivity index (χ1) is 7.40. The van der Waals surface area contributed by atoms with E-state index >= 15 is 0 Å². The molecule has 0 bridgehead atoms. The summed E-state index contributed by atoms with van der Waals surface area (Å²) in [6.07, 6.45) is -6.71. The van der Waals surface area contributed by atoms with Crippen LogP contribution in [0.2, 0.25) is 0 Å². The summed E-state index contributed by atoms with van der Waals surface area (Å²) < 4.78 is 4.41. The molecule has 0 radical (unpaired) electrons. The molecule has 0 unspecified atom stereocenters. The fourth-order valence-electron chi connectivity index (χ4n) is 0.925. The maximum absolute atomic E-state index is 9.94. The normalized spacial score (nSPS) is 17.7. The molecule has 0 rings (SSSR count). The van der Waals surface area contributed by atoms with Crippen LogP contribution in [0.5, 0.6) is 0 Å². The van der Waals surface area contributed by atoms with Crippen molar-refractivity contribution in [3.05, 3.63) is 0 Å². The van der Waals surface area contributed by atoms with Crippen molar-refractivity contribution in [3.63, 3.8) is 0 Å². The Morgan fingerprint density at radius 3 is 2.00 bits per heavy atom. The van der Waals surface area contributed by atoms with Gasteiger partial charge in [-0.1, -0.05) is 0 Å². The average molecular weight is 262 g/mol. The Kier molecular flexibility index (Phi) is 11.7. The number of aliphatic carboxylic acids is 1. The van der Waals surface area contributed by atoms with Gasteiger partial charge in [-0.2, -0.15) is 0 Å². The van der Waals surface area contributed by atoms with Crippen LogP contribution in [-0.4, -0.2) is 75.7 Å². The Morgan fingerprint density at radius 2 is 1.59 bits per heavy atom. The Bertz CT molecular complexity index is 214. The molecule has 0 heterocycles. The molecule has 5 N–H and O–H groups in total. The molecule has 0 aromatic carbocycles. The standard InChI is InChI=1S/C8H16O8.Na/c9-1-4(10)7(14)8(15)5(11)2-16-3-6(12)13;/h4-5,7-11,14-15H,1-3H2,(H,12,13);/q;+1/p-1/t4-,5+,7-,8-;/m1./s1. The van der Waals surface area contributed by atoms with Crippen LogP contribution in [0.4, 0.5) is 0 Å². The summed E-state index contributed by atoms with van der Waals surface area (Å²) in [6, 6.07) is 0. The zero-order chi connectivity index (χ0) is 12.7.